The van der Waals surface area contributed by atoms with Crippen molar-refractivity contribution in [2.45, 2.75) is 39.8 Å². The second-order valence-electron chi connectivity index (χ2n) is 6.86. The highest BCUT2D eigenvalue weighted by Gasteiger charge is 2.53. The zero-order valence-corrected chi connectivity index (χ0v) is 16.6. The maximum absolute atomic E-state index is 10.8. The normalized spacial score (nSPS) is 18.7. The molecule has 1 aromatic rings. The first-order valence-electron chi connectivity index (χ1n) is 7.41. The second kappa shape index (κ2) is 7.02. The van der Waals surface area contributed by atoms with Crippen LogP contribution < -0.4 is 5.32 Å². The first kappa shape index (κ1) is 19.7. The summed E-state index contributed by atoms with van der Waals surface area (Å²) in [5.74, 6) is 0.829. The Balaban J connectivity index is 0.00000264. The SMILES string of the molecule is CN=C(NCc1cccc([N+](=O)[O-])c1)N1CC(C)(C)C1(C)C.I. The Morgan fingerprint density at radius 2 is 2.04 bits per heavy atom. The topological polar surface area (TPSA) is 70.8 Å². The third-order valence-corrected chi connectivity index (χ3v) is 4.92. The van der Waals surface area contributed by atoms with Gasteiger partial charge in [0.05, 0.1) is 4.92 Å². The molecular weight excluding hydrogens is 407 g/mol. The Bertz CT molecular complexity index is 614. The molecule has 128 valence electrons. The van der Waals surface area contributed by atoms with Crippen LogP contribution in [0, 0.1) is 15.5 Å². The number of guanidine groups is 1. The number of hydrogen-bond acceptors (Lipinski definition) is 3. The minimum atomic E-state index is -0.376. The van der Waals surface area contributed by atoms with Gasteiger partial charge in [-0.05, 0) is 19.4 Å². The van der Waals surface area contributed by atoms with Gasteiger partial charge in [-0.25, -0.2) is 0 Å². The van der Waals surface area contributed by atoms with Crippen LogP contribution in [0.5, 0.6) is 0 Å². The predicted molar refractivity (Wildman–Crippen MR) is 103 cm³/mol. The fraction of sp³-hybridized carbons (Fsp3) is 0.562. The molecule has 0 aromatic heterocycles. The minimum Gasteiger partial charge on any atom is -0.352 e. The molecule has 0 amide bonds. The number of benzene rings is 1. The van der Waals surface area contributed by atoms with Gasteiger partial charge in [0.25, 0.3) is 5.69 Å². The fourth-order valence-electron chi connectivity index (χ4n) is 2.66. The van der Waals surface area contributed by atoms with Crippen molar-refractivity contribution < 1.29 is 4.92 Å². The Hall–Kier alpha value is -1.38. The molecule has 6 nitrogen and oxygen atoms in total. The van der Waals surface area contributed by atoms with Crippen LogP contribution in [0.15, 0.2) is 29.3 Å². The summed E-state index contributed by atoms with van der Waals surface area (Å²) < 4.78 is 0. The highest BCUT2D eigenvalue weighted by Crippen LogP contribution is 2.46. The number of aliphatic imine (C=N–C) groups is 1. The molecule has 0 spiro atoms. The first-order valence-corrected chi connectivity index (χ1v) is 7.41. The molecule has 0 bridgehead atoms. The Labute approximate surface area is 154 Å². The summed E-state index contributed by atoms with van der Waals surface area (Å²) in [4.78, 5) is 17.0. The van der Waals surface area contributed by atoms with Crippen molar-refractivity contribution in [1.82, 2.24) is 10.2 Å². The molecule has 0 unspecified atom stereocenters. The van der Waals surface area contributed by atoms with Crippen LogP contribution in [-0.2, 0) is 6.54 Å². The molecule has 1 saturated heterocycles. The predicted octanol–water partition coefficient (Wildman–Crippen LogP) is 3.41. The van der Waals surface area contributed by atoms with E-state index < -0.39 is 0 Å². The number of hydrogen-bond donors (Lipinski definition) is 1. The molecule has 1 heterocycles. The zero-order chi connectivity index (χ0) is 16.5. The summed E-state index contributed by atoms with van der Waals surface area (Å²) >= 11 is 0. The van der Waals surface area contributed by atoms with E-state index in [1.165, 1.54) is 6.07 Å². The van der Waals surface area contributed by atoms with E-state index >= 15 is 0 Å². The van der Waals surface area contributed by atoms with E-state index in [0.717, 1.165) is 18.1 Å². The highest BCUT2D eigenvalue weighted by molar-refractivity contribution is 14.0. The van der Waals surface area contributed by atoms with Gasteiger partial charge in [-0.15, -0.1) is 24.0 Å². The van der Waals surface area contributed by atoms with Crippen molar-refractivity contribution >= 4 is 35.6 Å². The molecule has 1 fully saturated rings. The van der Waals surface area contributed by atoms with E-state index in [2.05, 4.69) is 42.9 Å². The molecule has 7 heteroatoms. The lowest BCUT2D eigenvalue weighted by atomic mass is 9.65. The van der Waals surface area contributed by atoms with Crippen molar-refractivity contribution in [3.63, 3.8) is 0 Å². The molecule has 1 N–H and O–H groups in total. The smallest absolute Gasteiger partial charge is 0.269 e. The molecule has 1 aliphatic heterocycles. The van der Waals surface area contributed by atoms with Crippen LogP contribution >= 0.6 is 24.0 Å². The lowest BCUT2D eigenvalue weighted by Gasteiger charge is -2.62. The lowest BCUT2D eigenvalue weighted by molar-refractivity contribution is -0.384. The summed E-state index contributed by atoms with van der Waals surface area (Å²) in [5.41, 5.74) is 1.24. The summed E-state index contributed by atoms with van der Waals surface area (Å²) in [6, 6.07) is 6.66. The van der Waals surface area contributed by atoms with E-state index in [1.807, 2.05) is 6.07 Å². The number of nitrogens with zero attached hydrogens (tertiary/aromatic N) is 3. The minimum absolute atomic E-state index is 0. The summed E-state index contributed by atoms with van der Waals surface area (Å²) in [6.07, 6.45) is 0. The van der Waals surface area contributed by atoms with Gasteiger partial charge >= 0.3 is 0 Å². The van der Waals surface area contributed by atoms with Crippen LogP contribution in [-0.4, -0.2) is 34.9 Å². The number of non-ortho nitro benzene ring substituents is 1. The fourth-order valence-corrected chi connectivity index (χ4v) is 2.66. The molecular formula is C16H25IN4O2. The van der Waals surface area contributed by atoms with Crippen molar-refractivity contribution in [2.24, 2.45) is 10.4 Å². The molecule has 0 saturated carbocycles. The molecule has 0 radical (unpaired) electrons. The van der Waals surface area contributed by atoms with E-state index in [1.54, 1.807) is 19.2 Å². The Morgan fingerprint density at radius 3 is 2.52 bits per heavy atom. The zero-order valence-electron chi connectivity index (χ0n) is 14.3. The van der Waals surface area contributed by atoms with Crippen molar-refractivity contribution in [3.05, 3.63) is 39.9 Å². The molecule has 1 aliphatic rings. The largest absolute Gasteiger partial charge is 0.352 e. The number of halogens is 1. The van der Waals surface area contributed by atoms with Crippen LogP contribution in [0.2, 0.25) is 0 Å². The summed E-state index contributed by atoms with van der Waals surface area (Å²) in [7, 11) is 1.76. The van der Waals surface area contributed by atoms with Crippen LogP contribution in [0.25, 0.3) is 0 Å². The number of nitrogens with one attached hydrogen (secondary N) is 1. The Morgan fingerprint density at radius 1 is 1.39 bits per heavy atom. The maximum atomic E-state index is 10.8. The van der Waals surface area contributed by atoms with Gasteiger partial charge in [0.15, 0.2) is 5.96 Å². The van der Waals surface area contributed by atoms with E-state index in [9.17, 15) is 10.1 Å². The average Bonchev–Trinajstić information content (AvgIpc) is 2.47. The first-order chi connectivity index (χ1) is 10.2. The van der Waals surface area contributed by atoms with Gasteiger partial charge in [0.1, 0.15) is 0 Å². The molecule has 23 heavy (non-hydrogen) atoms. The third-order valence-electron chi connectivity index (χ3n) is 4.92. The van der Waals surface area contributed by atoms with E-state index in [-0.39, 0.29) is 45.5 Å². The number of nitro benzene ring substituents is 1. The second-order valence-corrected chi connectivity index (χ2v) is 6.86. The van der Waals surface area contributed by atoms with Crippen LogP contribution in [0.1, 0.15) is 33.3 Å². The van der Waals surface area contributed by atoms with Gasteiger partial charge in [-0.1, -0.05) is 26.0 Å². The van der Waals surface area contributed by atoms with Crippen molar-refractivity contribution in [1.29, 1.82) is 0 Å². The number of rotatable bonds is 3. The van der Waals surface area contributed by atoms with Crippen molar-refractivity contribution in [3.8, 4) is 0 Å². The monoisotopic (exact) mass is 432 g/mol. The quantitative estimate of drug-likeness (QED) is 0.261. The van der Waals surface area contributed by atoms with Crippen LogP contribution in [0.3, 0.4) is 0 Å². The van der Waals surface area contributed by atoms with E-state index in [4.69, 9.17) is 0 Å². The van der Waals surface area contributed by atoms with Gasteiger partial charge in [-0.2, -0.15) is 0 Å². The third kappa shape index (κ3) is 3.76. The summed E-state index contributed by atoms with van der Waals surface area (Å²) in [5, 5.41) is 14.1. The Kier molecular flexibility index (Phi) is 6.00. The van der Waals surface area contributed by atoms with E-state index in [0.29, 0.717) is 6.54 Å². The van der Waals surface area contributed by atoms with Crippen LogP contribution in [0.4, 0.5) is 5.69 Å². The standard InChI is InChI=1S/C16H24N4O2.HI/c1-15(2)11-19(16(15,3)4)14(17-5)18-10-12-7-6-8-13(9-12)20(21)22;/h6-9H,10-11H2,1-5H3,(H,17,18);1H. The number of likely N-dealkylation sites (tertiary alicyclic amines) is 1. The van der Waals surface area contributed by atoms with Gasteiger partial charge in [0, 0.05) is 43.2 Å². The average molecular weight is 432 g/mol. The summed E-state index contributed by atoms with van der Waals surface area (Å²) in [6.45, 7) is 10.4. The highest BCUT2D eigenvalue weighted by atomic mass is 127. The lowest BCUT2D eigenvalue weighted by Crippen LogP contribution is -2.72. The van der Waals surface area contributed by atoms with Gasteiger partial charge in [-0.3, -0.25) is 15.1 Å². The molecule has 1 aromatic carbocycles. The van der Waals surface area contributed by atoms with Gasteiger partial charge in [0.2, 0.25) is 0 Å². The molecule has 0 aliphatic carbocycles. The molecule has 2 rings (SSSR count). The molecule has 0 atom stereocenters. The van der Waals surface area contributed by atoms with Gasteiger partial charge < -0.3 is 10.2 Å². The maximum Gasteiger partial charge on any atom is 0.269 e. The number of nitro groups is 1. The van der Waals surface area contributed by atoms with Crippen molar-refractivity contribution in [2.75, 3.05) is 13.6 Å².